The lowest BCUT2D eigenvalue weighted by atomic mass is 9.85. The van der Waals surface area contributed by atoms with Crippen LogP contribution >= 0.6 is 0 Å². The molecule has 10 heteroatoms. The molecule has 1 amide bonds. The molecule has 262 valence electrons. The lowest BCUT2D eigenvalue weighted by Gasteiger charge is -2.36. The molecule has 0 aliphatic heterocycles. The van der Waals surface area contributed by atoms with Gasteiger partial charge in [0, 0.05) is 18.3 Å². The van der Waals surface area contributed by atoms with E-state index in [-0.39, 0.29) is 23.2 Å². The number of nitrogens with one attached hydrogen (secondary N) is 2. The summed E-state index contributed by atoms with van der Waals surface area (Å²) >= 11 is 0. The smallest absolute Gasteiger partial charge is 0.407 e. The number of nitrogens with zero attached hydrogens (tertiary/aromatic N) is 3. The van der Waals surface area contributed by atoms with Crippen molar-refractivity contribution in [3.63, 3.8) is 0 Å². The molecule has 3 aromatic rings. The predicted octanol–water partition coefficient (Wildman–Crippen LogP) is 9.22. The van der Waals surface area contributed by atoms with Crippen LogP contribution < -0.4 is 20.8 Å². The molecule has 2 aliphatic rings. The highest BCUT2D eigenvalue weighted by molar-refractivity contribution is 6.74. The number of nitrogens with two attached hydrogens (primary N) is 1. The van der Waals surface area contributed by atoms with E-state index in [1.54, 1.807) is 0 Å². The van der Waals surface area contributed by atoms with E-state index in [4.69, 9.17) is 25.0 Å². The first kappa shape index (κ1) is 35.8. The predicted molar refractivity (Wildman–Crippen MR) is 199 cm³/mol. The van der Waals surface area contributed by atoms with E-state index in [1.807, 2.05) is 43.6 Å². The molecule has 0 spiro atoms. The fourth-order valence-electron chi connectivity index (χ4n) is 6.66. The number of aromatic nitrogens is 2. The largest absolute Gasteiger partial charge is 0.543 e. The topological polar surface area (TPSA) is 115 Å². The lowest BCUT2D eigenvalue weighted by molar-refractivity contribution is 0.0505. The van der Waals surface area contributed by atoms with Gasteiger partial charge in [0.25, 0.3) is 0 Å². The number of amidine groups is 1. The molecule has 9 nitrogen and oxygen atoms in total. The van der Waals surface area contributed by atoms with Crippen molar-refractivity contribution in [1.82, 2.24) is 14.9 Å². The van der Waals surface area contributed by atoms with Crippen LogP contribution in [-0.4, -0.2) is 47.5 Å². The molecule has 5 rings (SSSR count). The zero-order valence-corrected chi connectivity index (χ0v) is 31.7. The molecule has 2 saturated carbocycles. The third-order valence-corrected chi connectivity index (χ3v) is 14.7. The molecule has 0 radical (unpaired) electrons. The summed E-state index contributed by atoms with van der Waals surface area (Å²) in [6.45, 7) is 19.1. The van der Waals surface area contributed by atoms with E-state index in [0.29, 0.717) is 11.8 Å². The van der Waals surface area contributed by atoms with Gasteiger partial charge in [0.2, 0.25) is 8.32 Å². The number of hydrogen-bond acceptors (Lipinski definition) is 6. The summed E-state index contributed by atoms with van der Waals surface area (Å²) in [5.74, 6) is 1.86. The van der Waals surface area contributed by atoms with E-state index >= 15 is 0 Å². The number of amides is 1. The Hall–Kier alpha value is -3.53. The van der Waals surface area contributed by atoms with Crippen molar-refractivity contribution in [3.05, 3.63) is 53.3 Å². The Bertz CT molecular complexity index is 1630. The molecular weight excluding hydrogens is 617 g/mol. The van der Waals surface area contributed by atoms with E-state index in [0.717, 1.165) is 59.5 Å². The van der Waals surface area contributed by atoms with E-state index in [1.165, 1.54) is 37.7 Å². The standard InChI is InChI=1S/C38H58N6O3Si/c1-10-25-20-30(47-48(8,9)38(5,6)7)18-19-32(25)43-35(39)31-23-40-44-24-27(26-14-12-11-13-15-26)21-33(44)34(31)41-28-16-17-29(22-28)42-36(45)46-37(2,3)4/h18-21,23-24,26,28-29,41H,10-17,22H2,1-9H3,(H2,39,43)(H,42,45)/t28-,29+/m1/s1. The number of benzene rings is 1. The Morgan fingerprint density at radius 3 is 2.42 bits per heavy atom. The fourth-order valence-corrected chi connectivity index (χ4v) is 7.68. The number of carbonyl (C=O) groups is 1. The van der Waals surface area contributed by atoms with Crippen molar-refractivity contribution >= 4 is 37.1 Å². The van der Waals surface area contributed by atoms with Gasteiger partial charge >= 0.3 is 6.09 Å². The summed E-state index contributed by atoms with van der Waals surface area (Å²) < 4.78 is 14.1. The Kier molecular flexibility index (Phi) is 10.5. The Morgan fingerprint density at radius 2 is 1.75 bits per heavy atom. The number of aryl methyl sites for hydroxylation is 1. The maximum atomic E-state index is 12.5. The number of anilines is 1. The van der Waals surface area contributed by atoms with Gasteiger partial charge in [-0.25, -0.2) is 14.3 Å². The second kappa shape index (κ2) is 14.1. The first-order valence-electron chi connectivity index (χ1n) is 18.0. The average Bonchev–Trinajstić information content (AvgIpc) is 3.63. The monoisotopic (exact) mass is 674 g/mol. The van der Waals surface area contributed by atoms with Crippen LogP contribution in [0.3, 0.4) is 0 Å². The van der Waals surface area contributed by atoms with E-state index in [9.17, 15) is 4.79 Å². The lowest BCUT2D eigenvalue weighted by Crippen LogP contribution is -2.43. The number of alkyl carbamates (subject to hydrolysis) is 1. The zero-order chi connectivity index (χ0) is 34.9. The highest BCUT2D eigenvalue weighted by atomic mass is 28.4. The minimum absolute atomic E-state index is 0.0356. The zero-order valence-electron chi connectivity index (χ0n) is 30.7. The highest BCUT2D eigenvalue weighted by Gasteiger charge is 2.39. The molecule has 1 aromatic carbocycles. The number of hydrogen-bond donors (Lipinski definition) is 3. The van der Waals surface area contributed by atoms with Crippen LogP contribution in [0, 0.1) is 0 Å². The third-order valence-electron chi connectivity index (χ3n) is 10.4. The molecule has 2 aliphatic carbocycles. The summed E-state index contributed by atoms with van der Waals surface area (Å²) in [6.07, 6.45) is 13.3. The second-order valence-corrected chi connectivity index (χ2v) is 21.1. The Morgan fingerprint density at radius 1 is 1.04 bits per heavy atom. The Balaban J connectivity index is 1.46. The molecule has 2 heterocycles. The van der Waals surface area contributed by atoms with Crippen molar-refractivity contribution in [2.24, 2.45) is 10.7 Å². The maximum Gasteiger partial charge on any atom is 0.407 e. The summed E-state index contributed by atoms with van der Waals surface area (Å²) in [5, 5.41) is 11.8. The first-order chi connectivity index (χ1) is 22.5. The minimum atomic E-state index is -1.98. The number of fused-ring (bicyclic) bond motifs is 1. The van der Waals surface area contributed by atoms with Crippen LogP contribution in [-0.2, 0) is 11.2 Å². The van der Waals surface area contributed by atoms with Crippen molar-refractivity contribution < 1.29 is 14.0 Å². The molecular formula is C38H58N6O3Si. The average molecular weight is 675 g/mol. The minimum Gasteiger partial charge on any atom is -0.543 e. The van der Waals surface area contributed by atoms with Crippen molar-refractivity contribution in [3.8, 4) is 5.75 Å². The van der Waals surface area contributed by atoms with Gasteiger partial charge in [0.1, 0.15) is 17.2 Å². The molecule has 0 saturated heterocycles. The number of rotatable bonds is 9. The van der Waals surface area contributed by atoms with Crippen LogP contribution in [0.25, 0.3) is 5.52 Å². The van der Waals surface area contributed by atoms with Gasteiger partial charge in [-0.3, -0.25) is 0 Å². The van der Waals surface area contributed by atoms with Crippen LogP contribution in [0.5, 0.6) is 5.75 Å². The van der Waals surface area contributed by atoms with Crippen molar-refractivity contribution in [2.45, 2.75) is 148 Å². The number of ether oxygens (including phenoxy) is 1. The molecule has 2 aromatic heterocycles. The van der Waals surface area contributed by atoms with E-state index < -0.39 is 13.9 Å². The summed E-state index contributed by atoms with van der Waals surface area (Å²) in [5.41, 5.74) is 12.3. The van der Waals surface area contributed by atoms with Crippen LogP contribution in [0.4, 0.5) is 16.2 Å². The van der Waals surface area contributed by atoms with Gasteiger partial charge in [0.05, 0.1) is 28.7 Å². The highest BCUT2D eigenvalue weighted by Crippen LogP contribution is 2.39. The van der Waals surface area contributed by atoms with Gasteiger partial charge in [-0.2, -0.15) is 5.10 Å². The first-order valence-corrected chi connectivity index (χ1v) is 20.9. The summed E-state index contributed by atoms with van der Waals surface area (Å²) in [6, 6.07) is 8.63. The number of aliphatic imine (C=N–C) groups is 1. The van der Waals surface area contributed by atoms with Gasteiger partial charge in [-0.05, 0) is 119 Å². The third kappa shape index (κ3) is 8.54. The van der Waals surface area contributed by atoms with Gasteiger partial charge in [-0.1, -0.05) is 47.0 Å². The number of carbonyl (C=O) groups excluding carboxylic acids is 1. The second-order valence-electron chi connectivity index (χ2n) is 16.4. The fraction of sp³-hybridized carbons (Fsp3) is 0.605. The van der Waals surface area contributed by atoms with Crippen LogP contribution in [0.15, 0.2) is 41.7 Å². The van der Waals surface area contributed by atoms with E-state index in [2.05, 4.69) is 69.8 Å². The van der Waals surface area contributed by atoms with Gasteiger partial charge in [0.15, 0.2) is 0 Å². The molecule has 0 unspecified atom stereocenters. The SMILES string of the molecule is CCc1cc(O[Si](C)(C)C(C)(C)C)ccc1/N=C(\N)c1cnn2cc(C3CCCCC3)cc2c1N[C@@H]1CC[C@H](NC(=O)OC(C)(C)C)C1. The summed E-state index contributed by atoms with van der Waals surface area (Å²) in [4.78, 5) is 17.5. The Labute approximate surface area is 288 Å². The normalized spacial score (nSPS) is 19.8. The molecule has 2 atom stereocenters. The van der Waals surface area contributed by atoms with Crippen molar-refractivity contribution in [1.29, 1.82) is 0 Å². The maximum absolute atomic E-state index is 12.5. The molecule has 48 heavy (non-hydrogen) atoms. The molecule has 4 N–H and O–H groups in total. The quantitative estimate of drug-likeness (QED) is 0.118. The van der Waals surface area contributed by atoms with Crippen LogP contribution in [0.2, 0.25) is 18.1 Å². The van der Waals surface area contributed by atoms with Crippen molar-refractivity contribution in [2.75, 3.05) is 5.32 Å². The van der Waals surface area contributed by atoms with Gasteiger partial charge in [-0.15, -0.1) is 0 Å². The molecule has 0 bridgehead atoms. The molecule has 2 fully saturated rings. The van der Waals surface area contributed by atoms with Gasteiger partial charge < -0.3 is 25.5 Å². The van der Waals surface area contributed by atoms with Crippen LogP contribution in [0.1, 0.15) is 122 Å². The summed E-state index contributed by atoms with van der Waals surface area (Å²) in [7, 11) is -1.98.